The Hall–Kier alpha value is -1.84. The smallest absolute Gasteiger partial charge is 0.243 e. The highest BCUT2D eigenvalue weighted by Gasteiger charge is 2.32. The van der Waals surface area contributed by atoms with Crippen LogP contribution in [0.1, 0.15) is 38.3 Å². The number of nitrogens with one attached hydrogen (secondary N) is 1. The molecule has 1 N–H and O–H groups in total. The molecule has 2 atom stereocenters. The fourth-order valence-electron chi connectivity index (χ4n) is 2.55. The second-order valence-electron chi connectivity index (χ2n) is 5.01. The van der Waals surface area contributed by atoms with Crippen LogP contribution in [0.15, 0.2) is 30.3 Å². The molecule has 1 aliphatic rings. The molecule has 0 bridgehead atoms. The molecule has 2 rings (SSSR count). The van der Waals surface area contributed by atoms with Gasteiger partial charge in [0, 0.05) is 13.5 Å². The zero-order valence-corrected chi connectivity index (χ0v) is 11.4. The summed E-state index contributed by atoms with van der Waals surface area (Å²) in [5.41, 5.74) is 1.07. The molecule has 0 aliphatic carbocycles. The van der Waals surface area contributed by atoms with Gasteiger partial charge in [-0.3, -0.25) is 9.59 Å². The predicted octanol–water partition coefficient (Wildman–Crippen LogP) is 1.87. The van der Waals surface area contributed by atoms with Crippen LogP contribution in [0.4, 0.5) is 0 Å². The van der Waals surface area contributed by atoms with Gasteiger partial charge in [-0.2, -0.15) is 0 Å². The van der Waals surface area contributed by atoms with Crippen molar-refractivity contribution < 1.29 is 9.59 Å². The van der Waals surface area contributed by atoms with Crippen LogP contribution in [0.3, 0.4) is 0 Å². The molecule has 0 radical (unpaired) electrons. The summed E-state index contributed by atoms with van der Waals surface area (Å²) >= 11 is 0. The van der Waals surface area contributed by atoms with E-state index in [0.29, 0.717) is 6.54 Å². The van der Waals surface area contributed by atoms with Crippen molar-refractivity contribution in [2.45, 2.75) is 38.8 Å². The van der Waals surface area contributed by atoms with Gasteiger partial charge in [-0.15, -0.1) is 0 Å². The number of likely N-dealkylation sites (tertiary alicyclic amines) is 1. The molecule has 1 aliphatic heterocycles. The minimum absolute atomic E-state index is 0.0231. The number of carbonyl (C=O) groups excluding carboxylic acids is 2. The van der Waals surface area contributed by atoms with E-state index in [-0.39, 0.29) is 23.9 Å². The van der Waals surface area contributed by atoms with E-state index >= 15 is 0 Å². The summed E-state index contributed by atoms with van der Waals surface area (Å²) in [6.45, 7) is 4.17. The van der Waals surface area contributed by atoms with Gasteiger partial charge in [-0.1, -0.05) is 30.3 Å². The first-order valence-electron chi connectivity index (χ1n) is 6.72. The average Bonchev–Trinajstić information content (AvgIpc) is 2.89. The molecule has 19 heavy (non-hydrogen) atoms. The van der Waals surface area contributed by atoms with E-state index in [1.165, 1.54) is 6.92 Å². The summed E-state index contributed by atoms with van der Waals surface area (Å²) in [7, 11) is 0. The lowest BCUT2D eigenvalue weighted by molar-refractivity contribution is -0.137. The Balaban J connectivity index is 1.99. The van der Waals surface area contributed by atoms with Crippen molar-refractivity contribution >= 4 is 11.8 Å². The van der Waals surface area contributed by atoms with Crippen LogP contribution in [0.25, 0.3) is 0 Å². The fraction of sp³-hybridized carbons (Fsp3) is 0.467. The maximum Gasteiger partial charge on any atom is 0.243 e. The van der Waals surface area contributed by atoms with Gasteiger partial charge in [0.1, 0.15) is 6.04 Å². The van der Waals surface area contributed by atoms with Crippen molar-refractivity contribution in [3.05, 3.63) is 35.9 Å². The van der Waals surface area contributed by atoms with E-state index in [2.05, 4.69) is 5.32 Å². The lowest BCUT2D eigenvalue weighted by Gasteiger charge is -2.24. The van der Waals surface area contributed by atoms with Crippen molar-refractivity contribution in [2.75, 3.05) is 6.54 Å². The van der Waals surface area contributed by atoms with Crippen molar-refractivity contribution in [2.24, 2.45) is 0 Å². The SMILES string of the molecule is CC(=O)N1CCCC1C(=O)NC(C)c1ccccc1. The first-order chi connectivity index (χ1) is 9.09. The molecule has 4 heteroatoms. The molecule has 4 nitrogen and oxygen atoms in total. The molecule has 2 unspecified atom stereocenters. The molecule has 0 saturated carbocycles. The number of amides is 2. The zero-order chi connectivity index (χ0) is 13.8. The Morgan fingerprint density at radius 3 is 2.63 bits per heavy atom. The monoisotopic (exact) mass is 260 g/mol. The highest BCUT2D eigenvalue weighted by Crippen LogP contribution is 2.19. The third-order valence-corrected chi connectivity index (χ3v) is 3.62. The summed E-state index contributed by atoms with van der Waals surface area (Å²) in [5, 5.41) is 2.99. The summed E-state index contributed by atoms with van der Waals surface area (Å²) < 4.78 is 0. The van der Waals surface area contributed by atoms with Gasteiger partial charge in [-0.05, 0) is 25.3 Å². The predicted molar refractivity (Wildman–Crippen MR) is 73.4 cm³/mol. The number of benzene rings is 1. The third kappa shape index (κ3) is 3.13. The quantitative estimate of drug-likeness (QED) is 0.902. The van der Waals surface area contributed by atoms with Crippen LogP contribution in [0.2, 0.25) is 0 Å². The zero-order valence-electron chi connectivity index (χ0n) is 11.4. The van der Waals surface area contributed by atoms with Crippen molar-refractivity contribution in [1.82, 2.24) is 10.2 Å². The minimum atomic E-state index is -0.302. The molecular formula is C15H20N2O2. The largest absolute Gasteiger partial charge is 0.348 e. The molecular weight excluding hydrogens is 240 g/mol. The van der Waals surface area contributed by atoms with Crippen LogP contribution < -0.4 is 5.32 Å². The Labute approximate surface area is 113 Å². The maximum atomic E-state index is 12.2. The van der Waals surface area contributed by atoms with Crippen LogP contribution in [0, 0.1) is 0 Å². The molecule has 1 aromatic carbocycles. The van der Waals surface area contributed by atoms with Crippen LogP contribution in [-0.2, 0) is 9.59 Å². The Kier molecular flexibility index (Phi) is 4.20. The second-order valence-corrected chi connectivity index (χ2v) is 5.01. The van der Waals surface area contributed by atoms with Gasteiger partial charge >= 0.3 is 0 Å². The maximum absolute atomic E-state index is 12.2. The molecule has 102 valence electrons. The molecule has 1 heterocycles. The first kappa shape index (κ1) is 13.6. The van der Waals surface area contributed by atoms with Crippen molar-refractivity contribution in [3.8, 4) is 0 Å². The standard InChI is InChI=1S/C15H20N2O2/c1-11(13-7-4-3-5-8-13)16-15(19)14-9-6-10-17(14)12(2)18/h3-5,7-8,11,14H,6,9-10H2,1-2H3,(H,16,19). The number of hydrogen-bond donors (Lipinski definition) is 1. The highest BCUT2D eigenvalue weighted by atomic mass is 16.2. The number of carbonyl (C=O) groups is 2. The van der Waals surface area contributed by atoms with E-state index in [4.69, 9.17) is 0 Å². The molecule has 0 aromatic heterocycles. The van der Waals surface area contributed by atoms with Crippen LogP contribution in [-0.4, -0.2) is 29.3 Å². The normalized spacial score (nSPS) is 20.1. The number of nitrogens with zero attached hydrogens (tertiary/aromatic N) is 1. The van der Waals surface area contributed by atoms with E-state index < -0.39 is 0 Å². The molecule has 0 spiro atoms. The van der Waals surface area contributed by atoms with Crippen LogP contribution >= 0.6 is 0 Å². The minimum Gasteiger partial charge on any atom is -0.348 e. The summed E-state index contributed by atoms with van der Waals surface area (Å²) in [5.74, 6) is -0.0749. The Bertz CT molecular complexity index is 458. The first-order valence-corrected chi connectivity index (χ1v) is 6.72. The molecule has 1 saturated heterocycles. The van der Waals surface area contributed by atoms with Gasteiger partial charge < -0.3 is 10.2 Å². The van der Waals surface area contributed by atoms with Crippen molar-refractivity contribution in [3.63, 3.8) is 0 Å². The van der Waals surface area contributed by atoms with E-state index in [9.17, 15) is 9.59 Å². The fourth-order valence-corrected chi connectivity index (χ4v) is 2.55. The summed E-state index contributed by atoms with van der Waals surface area (Å²) in [4.78, 5) is 25.4. The summed E-state index contributed by atoms with van der Waals surface area (Å²) in [6.07, 6.45) is 1.66. The third-order valence-electron chi connectivity index (χ3n) is 3.62. The number of rotatable bonds is 3. The Morgan fingerprint density at radius 1 is 1.32 bits per heavy atom. The lowest BCUT2D eigenvalue weighted by Crippen LogP contribution is -2.45. The van der Waals surface area contributed by atoms with Gasteiger partial charge in [0.2, 0.25) is 11.8 Å². The van der Waals surface area contributed by atoms with Gasteiger partial charge in [0.05, 0.1) is 6.04 Å². The van der Waals surface area contributed by atoms with E-state index in [0.717, 1.165) is 18.4 Å². The van der Waals surface area contributed by atoms with Gasteiger partial charge in [-0.25, -0.2) is 0 Å². The van der Waals surface area contributed by atoms with E-state index in [1.54, 1.807) is 4.90 Å². The molecule has 1 aromatic rings. The Morgan fingerprint density at radius 2 is 2.00 bits per heavy atom. The van der Waals surface area contributed by atoms with Crippen LogP contribution in [0.5, 0.6) is 0 Å². The average molecular weight is 260 g/mol. The lowest BCUT2D eigenvalue weighted by atomic mass is 10.1. The topological polar surface area (TPSA) is 49.4 Å². The van der Waals surface area contributed by atoms with E-state index in [1.807, 2.05) is 37.3 Å². The number of hydrogen-bond acceptors (Lipinski definition) is 2. The summed E-state index contributed by atoms with van der Waals surface area (Å²) in [6, 6.07) is 9.49. The van der Waals surface area contributed by atoms with Gasteiger partial charge in [0.25, 0.3) is 0 Å². The van der Waals surface area contributed by atoms with Gasteiger partial charge in [0.15, 0.2) is 0 Å². The highest BCUT2D eigenvalue weighted by molar-refractivity contribution is 5.87. The molecule has 1 fully saturated rings. The second kappa shape index (κ2) is 5.87. The van der Waals surface area contributed by atoms with Crippen molar-refractivity contribution in [1.29, 1.82) is 0 Å². The molecule has 2 amide bonds.